The van der Waals surface area contributed by atoms with Gasteiger partial charge in [-0.3, -0.25) is 0 Å². The zero-order chi connectivity index (χ0) is 21.8. The normalized spacial score (nSPS) is 22.5. The summed E-state index contributed by atoms with van der Waals surface area (Å²) in [6.07, 6.45) is 2.95. The van der Waals surface area contributed by atoms with Gasteiger partial charge in [0, 0.05) is 48.5 Å². The van der Waals surface area contributed by atoms with Crippen molar-refractivity contribution in [3.63, 3.8) is 0 Å². The van der Waals surface area contributed by atoms with Gasteiger partial charge in [-0.15, -0.1) is 0 Å². The number of methoxy groups -OCH3 is 1. The summed E-state index contributed by atoms with van der Waals surface area (Å²) in [5.41, 5.74) is 2.09. The van der Waals surface area contributed by atoms with E-state index in [9.17, 15) is 8.42 Å². The molecule has 2 aromatic rings. The van der Waals surface area contributed by atoms with Gasteiger partial charge in [-0.1, -0.05) is 41.9 Å². The number of fused-ring (bicyclic) bond motifs is 4. The van der Waals surface area contributed by atoms with Crippen molar-refractivity contribution in [1.29, 1.82) is 0 Å². The molecular formula is C22H24ClN3O4S. The number of benzene rings is 2. The highest BCUT2D eigenvalue weighted by Crippen LogP contribution is 2.53. The van der Waals surface area contributed by atoms with Crippen molar-refractivity contribution in [2.45, 2.75) is 31.0 Å². The van der Waals surface area contributed by atoms with Crippen molar-refractivity contribution < 1.29 is 17.9 Å². The van der Waals surface area contributed by atoms with Gasteiger partial charge in [0.15, 0.2) is 11.5 Å². The number of sulfonamides is 1. The largest absolute Gasteiger partial charge is 0.493 e. The number of para-hydroxylation sites is 1. The molecule has 3 aliphatic rings. The zero-order valence-electron chi connectivity index (χ0n) is 17.4. The lowest BCUT2D eigenvalue weighted by Gasteiger charge is -2.50. The van der Waals surface area contributed by atoms with Crippen LogP contribution in [0.25, 0.3) is 0 Å². The first-order valence-electron chi connectivity index (χ1n) is 10.3. The van der Waals surface area contributed by atoms with E-state index in [1.165, 1.54) is 10.6 Å². The van der Waals surface area contributed by atoms with Gasteiger partial charge in [0.05, 0.1) is 25.1 Å². The maximum Gasteiger partial charge on any atom is 0.211 e. The van der Waals surface area contributed by atoms with E-state index in [1.54, 1.807) is 7.11 Å². The first-order chi connectivity index (χ1) is 14.8. The second kappa shape index (κ2) is 7.39. The molecule has 3 heterocycles. The zero-order valence-corrected chi connectivity index (χ0v) is 19.0. The van der Waals surface area contributed by atoms with E-state index in [2.05, 4.69) is 0 Å². The second-order valence-corrected chi connectivity index (χ2v) is 10.6. The Labute approximate surface area is 187 Å². The highest BCUT2D eigenvalue weighted by molar-refractivity contribution is 7.88. The molecule has 0 saturated carbocycles. The minimum absolute atomic E-state index is 0.0325. The lowest BCUT2D eigenvalue weighted by Crippen LogP contribution is -2.59. The van der Waals surface area contributed by atoms with E-state index in [0.717, 1.165) is 22.6 Å². The molecular weight excluding hydrogens is 438 g/mol. The predicted octanol–water partition coefficient (Wildman–Crippen LogP) is 3.64. The Kier molecular flexibility index (Phi) is 4.91. The Balaban J connectivity index is 1.59. The highest BCUT2D eigenvalue weighted by atomic mass is 35.5. The molecule has 164 valence electrons. The molecule has 0 amide bonds. The van der Waals surface area contributed by atoms with Crippen LogP contribution in [0.5, 0.6) is 11.5 Å². The Morgan fingerprint density at radius 3 is 2.58 bits per heavy atom. The topological polar surface area (TPSA) is 71.4 Å². The number of ether oxygens (including phenoxy) is 2. The van der Waals surface area contributed by atoms with Gasteiger partial charge in [-0.25, -0.2) is 17.7 Å². The Morgan fingerprint density at radius 2 is 1.90 bits per heavy atom. The number of nitrogens with zero attached hydrogens (tertiary/aromatic N) is 3. The third-order valence-corrected chi connectivity index (χ3v) is 8.00. The van der Waals surface area contributed by atoms with E-state index in [0.29, 0.717) is 43.1 Å². The van der Waals surface area contributed by atoms with Gasteiger partial charge in [0.25, 0.3) is 0 Å². The number of rotatable bonds is 3. The van der Waals surface area contributed by atoms with Gasteiger partial charge in [-0.2, -0.15) is 5.10 Å². The number of hydrogen-bond donors (Lipinski definition) is 0. The van der Waals surface area contributed by atoms with Crippen molar-refractivity contribution >= 4 is 27.3 Å². The smallest absolute Gasteiger partial charge is 0.211 e. The molecule has 0 unspecified atom stereocenters. The summed E-state index contributed by atoms with van der Waals surface area (Å²) in [6, 6.07) is 13.6. The molecule has 1 fully saturated rings. The fraction of sp³-hybridized carbons (Fsp3) is 0.409. The summed E-state index contributed by atoms with van der Waals surface area (Å²) in [5.74, 6) is 1.39. The van der Waals surface area contributed by atoms with Crippen LogP contribution in [0.4, 0.5) is 0 Å². The predicted molar refractivity (Wildman–Crippen MR) is 119 cm³/mol. The van der Waals surface area contributed by atoms with Crippen LogP contribution in [0.15, 0.2) is 47.6 Å². The minimum atomic E-state index is -3.25. The maximum atomic E-state index is 12.1. The quantitative estimate of drug-likeness (QED) is 0.697. The summed E-state index contributed by atoms with van der Waals surface area (Å²) < 4.78 is 37.8. The number of halogens is 1. The third-order valence-electron chi connectivity index (χ3n) is 6.37. The Bertz CT molecular complexity index is 1160. The van der Waals surface area contributed by atoms with Crippen LogP contribution in [0.1, 0.15) is 36.4 Å². The number of piperidine rings is 1. The molecule has 31 heavy (non-hydrogen) atoms. The van der Waals surface area contributed by atoms with Gasteiger partial charge >= 0.3 is 0 Å². The van der Waals surface area contributed by atoms with Crippen LogP contribution in [0, 0.1) is 0 Å². The van der Waals surface area contributed by atoms with E-state index in [4.69, 9.17) is 26.2 Å². The van der Waals surface area contributed by atoms with Gasteiger partial charge < -0.3 is 9.47 Å². The summed E-state index contributed by atoms with van der Waals surface area (Å²) >= 11 is 6.47. The van der Waals surface area contributed by atoms with E-state index >= 15 is 0 Å². The fourth-order valence-corrected chi connectivity index (χ4v) is 5.88. The lowest BCUT2D eigenvalue weighted by molar-refractivity contribution is -0.144. The number of hydrazone groups is 1. The Hall–Kier alpha value is -2.29. The molecule has 0 N–H and O–H groups in total. The van der Waals surface area contributed by atoms with Crippen molar-refractivity contribution in [2.24, 2.45) is 5.10 Å². The third kappa shape index (κ3) is 3.37. The SMILES string of the molecule is COc1cccc2c1OC1(CCN(S(C)(=O)=O)CC1)N1N=C(c3ccccc3Cl)C[C@@H]21. The molecule has 0 aromatic heterocycles. The average molecular weight is 462 g/mol. The molecule has 1 atom stereocenters. The van der Waals surface area contributed by atoms with E-state index < -0.39 is 15.7 Å². The van der Waals surface area contributed by atoms with Crippen LogP contribution in [0.3, 0.4) is 0 Å². The molecule has 0 bridgehead atoms. The fourth-order valence-electron chi connectivity index (χ4n) is 4.79. The van der Waals surface area contributed by atoms with E-state index in [-0.39, 0.29) is 6.04 Å². The summed E-state index contributed by atoms with van der Waals surface area (Å²) in [4.78, 5) is 0. The summed E-state index contributed by atoms with van der Waals surface area (Å²) in [5, 5.41) is 7.69. The Morgan fingerprint density at radius 1 is 1.16 bits per heavy atom. The molecule has 5 rings (SSSR count). The monoisotopic (exact) mass is 461 g/mol. The van der Waals surface area contributed by atoms with Crippen LogP contribution in [-0.4, -0.2) is 55.6 Å². The first kappa shape index (κ1) is 20.6. The van der Waals surface area contributed by atoms with Crippen LogP contribution >= 0.6 is 11.6 Å². The first-order valence-corrected chi connectivity index (χ1v) is 12.5. The average Bonchev–Trinajstić information content (AvgIpc) is 3.20. The van der Waals surface area contributed by atoms with Gasteiger partial charge in [0.1, 0.15) is 0 Å². The molecule has 9 heteroatoms. The van der Waals surface area contributed by atoms with Gasteiger partial charge in [-0.05, 0) is 12.1 Å². The minimum Gasteiger partial charge on any atom is -0.493 e. The van der Waals surface area contributed by atoms with Crippen LogP contribution < -0.4 is 9.47 Å². The van der Waals surface area contributed by atoms with Crippen molar-refractivity contribution in [2.75, 3.05) is 26.5 Å². The maximum absolute atomic E-state index is 12.1. The van der Waals surface area contributed by atoms with Crippen molar-refractivity contribution in [1.82, 2.24) is 9.31 Å². The summed E-state index contributed by atoms with van der Waals surface area (Å²) in [6.45, 7) is 0.757. The molecule has 0 radical (unpaired) electrons. The van der Waals surface area contributed by atoms with E-state index in [1.807, 2.05) is 47.5 Å². The van der Waals surface area contributed by atoms with Crippen LogP contribution in [-0.2, 0) is 10.0 Å². The second-order valence-electron chi connectivity index (χ2n) is 8.18. The summed E-state index contributed by atoms with van der Waals surface area (Å²) in [7, 11) is -1.63. The van der Waals surface area contributed by atoms with Crippen LogP contribution in [0.2, 0.25) is 5.02 Å². The van der Waals surface area contributed by atoms with Crippen molar-refractivity contribution in [3.8, 4) is 11.5 Å². The molecule has 7 nitrogen and oxygen atoms in total. The molecule has 1 saturated heterocycles. The number of hydrogen-bond acceptors (Lipinski definition) is 6. The molecule has 1 spiro atoms. The van der Waals surface area contributed by atoms with Gasteiger partial charge in [0.2, 0.25) is 15.7 Å². The van der Waals surface area contributed by atoms with Crippen molar-refractivity contribution in [3.05, 3.63) is 58.6 Å². The standard InChI is InChI=1S/C22H24ClN3O4S/c1-29-20-9-5-7-16-19-14-18(15-6-3-4-8-17(15)23)24-26(19)22(30-21(16)20)10-12-25(13-11-22)31(2,27)28/h3-9,19H,10-14H2,1-2H3/t19-/m0/s1. The highest BCUT2D eigenvalue weighted by Gasteiger charge is 2.53. The molecule has 3 aliphatic heterocycles. The molecule has 2 aromatic carbocycles. The molecule has 0 aliphatic carbocycles. The lowest BCUT2D eigenvalue weighted by atomic mass is 9.91.